The molecule has 3 nitrogen and oxygen atoms in total. The van der Waals surface area contributed by atoms with E-state index in [1.165, 1.54) is 0 Å². The molecule has 94 valence electrons. The van der Waals surface area contributed by atoms with Gasteiger partial charge in [0.2, 0.25) is 0 Å². The Kier molecular flexibility index (Phi) is 2.80. The number of nitrogen functional groups attached to an aromatic ring is 1. The third-order valence-electron chi connectivity index (χ3n) is 3.14. The van der Waals surface area contributed by atoms with Crippen molar-refractivity contribution in [3.63, 3.8) is 0 Å². The van der Waals surface area contributed by atoms with Crippen LogP contribution in [0.3, 0.4) is 0 Å². The summed E-state index contributed by atoms with van der Waals surface area (Å²) in [4.78, 5) is 4.47. The van der Waals surface area contributed by atoms with Crippen LogP contribution in [0.25, 0.3) is 22.0 Å². The van der Waals surface area contributed by atoms with Gasteiger partial charge in [-0.2, -0.15) is 0 Å². The number of fused-ring (bicyclic) bond motifs is 1. The predicted molar refractivity (Wildman–Crippen MR) is 78.1 cm³/mol. The van der Waals surface area contributed by atoms with Gasteiger partial charge >= 0.3 is 0 Å². The van der Waals surface area contributed by atoms with Crippen LogP contribution in [-0.4, -0.2) is 12.1 Å². The van der Waals surface area contributed by atoms with Crippen molar-refractivity contribution in [2.45, 2.75) is 0 Å². The van der Waals surface area contributed by atoms with E-state index in [0.717, 1.165) is 27.8 Å². The van der Waals surface area contributed by atoms with Crippen LogP contribution in [0.1, 0.15) is 0 Å². The Morgan fingerprint density at radius 2 is 1.79 bits per heavy atom. The van der Waals surface area contributed by atoms with E-state index in [0.29, 0.717) is 5.82 Å². The Morgan fingerprint density at radius 3 is 2.53 bits per heavy atom. The fourth-order valence-electron chi connectivity index (χ4n) is 2.14. The number of rotatable bonds is 2. The molecule has 0 bridgehead atoms. The first-order chi connectivity index (χ1) is 9.28. The van der Waals surface area contributed by atoms with Crippen LogP contribution in [0.15, 0.2) is 54.6 Å². The number of aromatic nitrogens is 1. The van der Waals surface area contributed by atoms with Crippen LogP contribution in [0, 0.1) is 0 Å². The number of methoxy groups -OCH3 is 1. The Morgan fingerprint density at radius 1 is 1.00 bits per heavy atom. The minimum absolute atomic E-state index is 0.523. The molecule has 0 radical (unpaired) electrons. The van der Waals surface area contributed by atoms with Crippen molar-refractivity contribution in [2.24, 2.45) is 0 Å². The second-order valence-corrected chi connectivity index (χ2v) is 4.35. The Balaban J connectivity index is 2.20. The van der Waals surface area contributed by atoms with Crippen molar-refractivity contribution >= 4 is 16.6 Å². The summed E-state index contributed by atoms with van der Waals surface area (Å²) in [5, 5.41) is 1.98. The highest BCUT2D eigenvalue weighted by atomic mass is 16.5. The predicted octanol–water partition coefficient (Wildman–Crippen LogP) is 3.49. The number of hydrogen-bond acceptors (Lipinski definition) is 3. The number of pyridine rings is 1. The van der Waals surface area contributed by atoms with Crippen LogP contribution < -0.4 is 10.5 Å². The van der Waals surface area contributed by atoms with Gasteiger partial charge in [0.05, 0.1) is 12.8 Å². The second kappa shape index (κ2) is 4.61. The molecular formula is C16H14N2O. The lowest BCUT2D eigenvalue weighted by Crippen LogP contribution is -1.95. The molecule has 0 saturated carbocycles. The number of nitrogens with zero attached hydrogens (tertiary/aromatic N) is 1. The molecule has 0 aliphatic heterocycles. The zero-order valence-corrected chi connectivity index (χ0v) is 10.6. The maximum Gasteiger partial charge on any atom is 0.132 e. The van der Waals surface area contributed by atoms with Gasteiger partial charge in [0.1, 0.15) is 11.6 Å². The Bertz CT molecular complexity index is 723. The molecule has 0 aliphatic carbocycles. The average Bonchev–Trinajstić information content (AvgIpc) is 2.48. The van der Waals surface area contributed by atoms with E-state index in [9.17, 15) is 0 Å². The van der Waals surface area contributed by atoms with Gasteiger partial charge in [0, 0.05) is 10.9 Å². The quantitative estimate of drug-likeness (QED) is 0.757. The molecule has 0 atom stereocenters. The summed E-state index contributed by atoms with van der Waals surface area (Å²) in [5.41, 5.74) is 8.00. The van der Waals surface area contributed by atoms with Crippen molar-refractivity contribution in [3.8, 4) is 17.0 Å². The van der Waals surface area contributed by atoms with Crippen molar-refractivity contribution in [1.82, 2.24) is 4.98 Å². The van der Waals surface area contributed by atoms with E-state index in [2.05, 4.69) is 4.98 Å². The fourth-order valence-corrected chi connectivity index (χ4v) is 2.14. The van der Waals surface area contributed by atoms with Crippen LogP contribution in [-0.2, 0) is 0 Å². The van der Waals surface area contributed by atoms with Crippen LogP contribution in [0.4, 0.5) is 5.82 Å². The first-order valence-corrected chi connectivity index (χ1v) is 6.07. The number of benzene rings is 2. The molecule has 3 aromatic rings. The maximum atomic E-state index is 6.05. The molecule has 3 rings (SSSR count). The van der Waals surface area contributed by atoms with Crippen molar-refractivity contribution in [1.29, 1.82) is 0 Å². The van der Waals surface area contributed by atoms with Crippen LogP contribution in [0.5, 0.6) is 5.75 Å². The fraction of sp³-hybridized carbons (Fsp3) is 0.0625. The Hall–Kier alpha value is -2.55. The summed E-state index contributed by atoms with van der Waals surface area (Å²) in [6.07, 6.45) is 0. The van der Waals surface area contributed by atoms with Gasteiger partial charge in [-0.05, 0) is 23.6 Å². The van der Waals surface area contributed by atoms with E-state index in [4.69, 9.17) is 10.5 Å². The molecule has 19 heavy (non-hydrogen) atoms. The van der Waals surface area contributed by atoms with Crippen molar-refractivity contribution in [3.05, 3.63) is 54.6 Å². The summed E-state index contributed by atoms with van der Waals surface area (Å²) in [5.74, 6) is 1.31. The standard InChI is InChI=1S/C16H14N2O/c1-19-13-8-7-12-9-15(11-5-3-2-4-6-11)18-16(17)14(12)10-13/h2-10H,1H3,(H2,17,18). The number of ether oxygens (including phenoxy) is 1. The highest BCUT2D eigenvalue weighted by Gasteiger charge is 2.06. The SMILES string of the molecule is COc1ccc2cc(-c3ccccc3)nc(N)c2c1. The molecule has 1 aromatic heterocycles. The van der Waals surface area contributed by atoms with Gasteiger partial charge in [-0.1, -0.05) is 36.4 Å². The number of nitrogens with two attached hydrogens (primary N) is 1. The van der Waals surface area contributed by atoms with E-state index in [-0.39, 0.29) is 0 Å². The molecule has 1 heterocycles. The molecule has 3 heteroatoms. The summed E-state index contributed by atoms with van der Waals surface area (Å²) in [6, 6.07) is 17.9. The first-order valence-electron chi connectivity index (χ1n) is 6.07. The number of hydrogen-bond donors (Lipinski definition) is 1. The maximum absolute atomic E-state index is 6.05. The van der Waals surface area contributed by atoms with E-state index >= 15 is 0 Å². The third-order valence-corrected chi connectivity index (χ3v) is 3.14. The monoisotopic (exact) mass is 250 g/mol. The summed E-state index contributed by atoms with van der Waals surface area (Å²) in [6.45, 7) is 0. The largest absolute Gasteiger partial charge is 0.497 e. The average molecular weight is 250 g/mol. The minimum Gasteiger partial charge on any atom is -0.497 e. The first kappa shape index (κ1) is 11.5. The smallest absolute Gasteiger partial charge is 0.132 e. The van der Waals surface area contributed by atoms with Gasteiger partial charge in [0.25, 0.3) is 0 Å². The summed E-state index contributed by atoms with van der Waals surface area (Å²) < 4.78 is 5.21. The number of anilines is 1. The lowest BCUT2D eigenvalue weighted by molar-refractivity contribution is 0.415. The normalized spacial score (nSPS) is 10.6. The lowest BCUT2D eigenvalue weighted by Gasteiger charge is -2.08. The highest BCUT2D eigenvalue weighted by molar-refractivity contribution is 5.94. The van der Waals surface area contributed by atoms with Gasteiger partial charge < -0.3 is 10.5 Å². The molecule has 0 saturated heterocycles. The molecule has 0 aliphatic rings. The molecule has 2 N–H and O–H groups in total. The van der Waals surface area contributed by atoms with E-state index in [1.54, 1.807) is 7.11 Å². The van der Waals surface area contributed by atoms with Crippen molar-refractivity contribution in [2.75, 3.05) is 12.8 Å². The Labute approximate surface area is 111 Å². The summed E-state index contributed by atoms with van der Waals surface area (Å²) >= 11 is 0. The third kappa shape index (κ3) is 2.10. The zero-order chi connectivity index (χ0) is 13.2. The minimum atomic E-state index is 0.523. The summed E-state index contributed by atoms with van der Waals surface area (Å²) in [7, 11) is 1.64. The molecular weight excluding hydrogens is 236 g/mol. The molecule has 2 aromatic carbocycles. The van der Waals surface area contributed by atoms with Crippen LogP contribution >= 0.6 is 0 Å². The van der Waals surface area contributed by atoms with Crippen LogP contribution in [0.2, 0.25) is 0 Å². The van der Waals surface area contributed by atoms with Gasteiger partial charge in [0.15, 0.2) is 0 Å². The van der Waals surface area contributed by atoms with Gasteiger partial charge in [-0.3, -0.25) is 0 Å². The van der Waals surface area contributed by atoms with Gasteiger partial charge in [-0.15, -0.1) is 0 Å². The topological polar surface area (TPSA) is 48.1 Å². The second-order valence-electron chi connectivity index (χ2n) is 4.35. The van der Waals surface area contributed by atoms with Crippen molar-refractivity contribution < 1.29 is 4.74 Å². The molecule has 0 fully saturated rings. The van der Waals surface area contributed by atoms with E-state index in [1.807, 2.05) is 54.6 Å². The zero-order valence-electron chi connectivity index (χ0n) is 10.6. The molecule has 0 unspecified atom stereocenters. The van der Waals surface area contributed by atoms with Gasteiger partial charge in [-0.25, -0.2) is 4.98 Å². The van der Waals surface area contributed by atoms with E-state index < -0.39 is 0 Å². The molecule has 0 spiro atoms. The lowest BCUT2D eigenvalue weighted by atomic mass is 10.1. The highest BCUT2D eigenvalue weighted by Crippen LogP contribution is 2.28. The molecule has 0 amide bonds.